The van der Waals surface area contributed by atoms with Gasteiger partial charge < -0.3 is 0 Å². The quantitative estimate of drug-likeness (QED) is 0.467. The van der Waals surface area contributed by atoms with Crippen molar-refractivity contribution in [3.05, 3.63) is 23.8 Å². The van der Waals surface area contributed by atoms with Gasteiger partial charge in [0.25, 0.3) is 0 Å². The predicted molar refractivity (Wildman–Crippen MR) is 58.5 cm³/mol. The van der Waals surface area contributed by atoms with Gasteiger partial charge in [0.15, 0.2) is 0 Å². The maximum atomic E-state index is 2.46. The summed E-state index contributed by atoms with van der Waals surface area (Å²) in [6, 6.07) is 0. The largest absolute Gasteiger partial charge is 0.0766 e. The second-order valence-corrected chi connectivity index (χ2v) is 5.04. The first-order chi connectivity index (χ1) is 4.20. The van der Waals surface area contributed by atoms with Crippen molar-refractivity contribution in [2.75, 3.05) is 0 Å². The first-order valence-corrected chi connectivity index (χ1v) is 5.34. The molecule has 0 bridgehead atoms. The van der Waals surface area contributed by atoms with E-state index in [0.717, 1.165) is 0 Å². The van der Waals surface area contributed by atoms with Gasteiger partial charge in [0.05, 0.1) is 0 Å². The second kappa shape index (κ2) is 3.37. The zero-order valence-electron chi connectivity index (χ0n) is 5.14. The molecule has 2 unspecified atom stereocenters. The van der Waals surface area contributed by atoms with Gasteiger partial charge in [0.2, 0.25) is 0 Å². The van der Waals surface area contributed by atoms with E-state index in [0.29, 0.717) is 7.85 Å². The van der Waals surface area contributed by atoms with Crippen molar-refractivity contribution in [2.45, 2.75) is 14.8 Å². The molecule has 0 saturated carbocycles. The van der Waals surface area contributed by atoms with Crippen LogP contribution in [0.1, 0.15) is 6.92 Å². The minimum absolute atomic E-state index is 0.687. The smallest absolute Gasteiger partial charge is 0.0448 e. The van der Waals surface area contributed by atoms with Crippen molar-refractivity contribution < 1.29 is 0 Å². The SMILES string of the molecule is CC1=CC(I)C(I)C=C1. The van der Waals surface area contributed by atoms with Gasteiger partial charge in [0.1, 0.15) is 0 Å². The number of alkyl halides is 2. The Bertz CT molecular complexity index is 158. The van der Waals surface area contributed by atoms with Crippen molar-refractivity contribution in [1.29, 1.82) is 0 Å². The van der Waals surface area contributed by atoms with Crippen LogP contribution in [0.5, 0.6) is 0 Å². The maximum Gasteiger partial charge on any atom is 0.0448 e. The minimum atomic E-state index is 0.687. The lowest BCUT2D eigenvalue weighted by Gasteiger charge is -2.13. The molecule has 0 nitrogen and oxygen atoms in total. The van der Waals surface area contributed by atoms with Gasteiger partial charge in [-0.15, -0.1) is 0 Å². The molecular weight excluding hydrogens is 338 g/mol. The Morgan fingerprint density at radius 1 is 1.33 bits per heavy atom. The van der Waals surface area contributed by atoms with E-state index >= 15 is 0 Å². The highest BCUT2D eigenvalue weighted by Gasteiger charge is 2.12. The molecule has 50 valence electrons. The molecule has 0 heterocycles. The summed E-state index contributed by atoms with van der Waals surface area (Å²) in [4.78, 5) is 0. The van der Waals surface area contributed by atoms with E-state index < -0.39 is 0 Å². The van der Waals surface area contributed by atoms with E-state index in [1.54, 1.807) is 0 Å². The lowest BCUT2D eigenvalue weighted by atomic mass is 10.1. The monoisotopic (exact) mass is 346 g/mol. The topological polar surface area (TPSA) is 0 Å². The molecule has 0 N–H and O–H groups in total. The third-order valence-corrected chi connectivity index (χ3v) is 4.97. The van der Waals surface area contributed by atoms with Gasteiger partial charge in [-0.25, -0.2) is 0 Å². The summed E-state index contributed by atoms with van der Waals surface area (Å²) >= 11 is 4.92. The molecule has 0 spiro atoms. The highest BCUT2D eigenvalue weighted by atomic mass is 127. The molecule has 1 aliphatic carbocycles. The molecular formula is C7H8I2. The Morgan fingerprint density at radius 2 is 2.00 bits per heavy atom. The Balaban J connectivity index is 2.70. The molecule has 0 aromatic rings. The van der Waals surface area contributed by atoms with Crippen molar-refractivity contribution in [2.24, 2.45) is 0 Å². The van der Waals surface area contributed by atoms with Crippen LogP contribution in [0, 0.1) is 0 Å². The number of allylic oxidation sites excluding steroid dienone is 4. The van der Waals surface area contributed by atoms with Gasteiger partial charge in [-0.2, -0.15) is 0 Å². The standard InChI is InChI=1S/C7H8I2/c1-5-2-3-6(8)7(9)4-5/h2-4,6-7H,1H3. The Hall–Kier alpha value is 0.940. The van der Waals surface area contributed by atoms with Gasteiger partial charge in [-0.3, -0.25) is 0 Å². The number of hydrogen-bond donors (Lipinski definition) is 0. The summed E-state index contributed by atoms with van der Waals surface area (Å²) in [6.07, 6.45) is 6.75. The van der Waals surface area contributed by atoms with Crippen LogP contribution in [0.25, 0.3) is 0 Å². The molecule has 1 aliphatic rings. The number of rotatable bonds is 0. The Labute approximate surface area is 83.1 Å². The molecule has 0 radical (unpaired) electrons. The van der Waals surface area contributed by atoms with Crippen molar-refractivity contribution in [3.63, 3.8) is 0 Å². The van der Waals surface area contributed by atoms with E-state index in [1.165, 1.54) is 5.57 Å². The van der Waals surface area contributed by atoms with Gasteiger partial charge in [-0.1, -0.05) is 69.0 Å². The van der Waals surface area contributed by atoms with Crippen LogP contribution in [-0.2, 0) is 0 Å². The summed E-state index contributed by atoms with van der Waals surface area (Å²) in [5, 5.41) is 0. The molecule has 2 atom stereocenters. The average Bonchev–Trinajstić information content (AvgIpc) is 1.80. The van der Waals surface area contributed by atoms with E-state index in [4.69, 9.17) is 0 Å². The van der Waals surface area contributed by atoms with Crippen LogP contribution in [0.2, 0.25) is 0 Å². The van der Waals surface area contributed by atoms with E-state index in [-0.39, 0.29) is 0 Å². The Kier molecular flexibility index (Phi) is 3.01. The third kappa shape index (κ3) is 2.22. The van der Waals surface area contributed by atoms with Crippen LogP contribution in [0.4, 0.5) is 0 Å². The van der Waals surface area contributed by atoms with Gasteiger partial charge in [0, 0.05) is 7.85 Å². The zero-order valence-corrected chi connectivity index (χ0v) is 9.46. The Morgan fingerprint density at radius 3 is 2.44 bits per heavy atom. The van der Waals surface area contributed by atoms with Gasteiger partial charge >= 0.3 is 0 Å². The molecule has 0 aliphatic heterocycles. The molecule has 0 aromatic heterocycles. The first-order valence-electron chi connectivity index (χ1n) is 2.85. The molecule has 0 aromatic carbocycles. The maximum absolute atomic E-state index is 2.46. The number of hydrogen-bond acceptors (Lipinski definition) is 0. The fourth-order valence-corrected chi connectivity index (χ4v) is 1.97. The van der Waals surface area contributed by atoms with E-state index in [1.807, 2.05) is 0 Å². The third-order valence-electron chi connectivity index (χ3n) is 1.27. The normalized spacial score (nSPS) is 34.3. The minimum Gasteiger partial charge on any atom is -0.0766 e. The van der Waals surface area contributed by atoms with Gasteiger partial charge in [-0.05, 0) is 6.92 Å². The highest BCUT2D eigenvalue weighted by molar-refractivity contribution is 14.1. The molecule has 0 amide bonds. The van der Waals surface area contributed by atoms with Crippen molar-refractivity contribution in [1.82, 2.24) is 0 Å². The molecule has 1 rings (SSSR count). The molecule has 2 heteroatoms. The van der Waals surface area contributed by atoms with E-state index in [9.17, 15) is 0 Å². The molecule has 9 heavy (non-hydrogen) atoms. The van der Waals surface area contributed by atoms with Crippen LogP contribution in [0.3, 0.4) is 0 Å². The fourth-order valence-electron chi connectivity index (χ4n) is 0.748. The number of halogens is 2. The summed E-state index contributed by atoms with van der Waals surface area (Å²) < 4.78 is 1.38. The fraction of sp³-hybridized carbons (Fsp3) is 0.429. The van der Waals surface area contributed by atoms with Crippen molar-refractivity contribution in [3.8, 4) is 0 Å². The lowest BCUT2D eigenvalue weighted by Crippen LogP contribution is -2.10. The van der Waals surface area contributed by atoms with Crippen LogP contribution in [0.15, 0.2) is 23.8 Å². The lowest BCUT2D eigenvalue weighted by molar-refractivity contribution is 1.12. The molecule has 0 saturated heterocycles. The zero-order chi connectivity index (χ0) is 6.85. The van der Waals surface area contributed by atoms with Crippen molar-refractivity contribution >= 4 is 45.2 Å². The highest BCUT2D eigenvalue weighted by Crippen LogP contribution is 2.23. The van der Waals surface area contributed by atoms with Crippen LogP contribution >= 0.6 is 45.2 Å². The molecule has 0 fully saturated rings. The second-order valence-electron chi connectivity index (χ2n) is 2.16. The summed E-state index contributed by atoms with van der Waals surface area (Å²) in [5.41, 5.74) is 1.39. The van der Waals surface area contributed by atoms with Crippen LogP contribution in [-0.4, -0.2) is 7.85 Å². The first kappa shape index (κ1) is 8.04. The summed E-state index contributed by atoms with van der Waals surface area (Å²) in [6.45, 7) is 2.14. The average molecular weight is 346 g/mol. The summed E-state index contributed by atoms with van der Waals surface area (Å²) in [7, 11) is 0. The van der Waals surface area contributed by atoms with E-state index in [2.05, 4.69) is 70.3 Å². The summed E-state index contributed by atoms with van der Waals surface area (Å²) in [5.74, 6) is 0. The predicted octanol–water partition coefficient (Wildman–Crippen LogP) is 3.11. The van der Waals surface area contributed by atoms with Crippen LogP contribution < -0.4 is 0 Å².